The van der Waals surface area contributed by atoms with Gasteiger partial charge in [0.25, 0.3) is 0 Å². The first-order valence-electron chi connectivity index (χ1n) is 9.76. The van der Waals surface area contributed by atoms with E-state index in [4.69, 9.17) is 14.2 Å². The van der Waals surface area contributed by atoms with E-state index in [-0.39, 0.29) is 36.2 Å². The van der Waals surface area contributed by atoms with Gasteiger partial charge in [-0.1, -0.05) is 32.6 Å². The Morgan fingerprint density at radius 2 is 2.04 bits per heavy atom. The van der Waals surface area contributed by atoms with Crippen molar-refractivity contribution < 1.29 is 34.0 Å². The minimum atomic E-state index is -1.19. The van der Waals surface area contributed by atoms with Crippen molar-refractivity contribution in [1.29, 1.82) is 0 Å². The van der Waals surface area contributed by atoms with Gasteiger partial charge in [-0.3, -0.25) is 9.59 Å². The smallest absolute Gasteiger partial charge is 0.303 e. The van der Waals surface area contributed by atoms with Crippen LogP contribution in [0.2, 0.25) is 0 Å². The fourth-order valence-corrected chi connectivity index (χ4v) is 4.18. The number of ketones is 1. The minimum absolute atomic E-state index is 0.0127. The molecule has 158 valence electrons. The average Bonchev–Trinajstić information content (AvgIpc) is 3.09. The summed E-state index contributed by atoms with van der Waals surface area (Å²) in [6, 6.07) is 0. The summed E-state index contributed by atoms with van der Waals surface area (Å²) in [6.07, 6.45) is -0.343. The maximum Gasteiger partial charge on any atom is 0.303 e. The first kappa shape index (κ1) is 22.7. The summed E-state index contributed by atoms with van der Waals surface area (Å²) in [5.41, 5.74) is -0.834. The Morgan fingerprint density at radius 3 is 2.54 bits per heavy atom. The SMILES string of the molecule is C=C(C(O)CC(=O)CC)C(OC(C)=O)[C@H]1C2O[C@H]([C@@H](C)/C=C\C)[C@@](C)(O2)[C@H]1O. The third-order valence-corrected chi connectivity index (χ3v) is 5.71. The van der Waals surface area contributed by atoms with Gasteiger partial charge in [-0.25, -0.2) is 0 Å². The van der Waals surface area contributed by atoms with Crippen molar-refractivity contribution in [3.05, 3.63) is 24.3 Å². The number of hydrogen-bond acceptors (Lipinski definition) is 7. The molecule has 0 amide bonds. The van der Waals surface area contributed by atoms with Crippen molar-refractivity contribution in [3.8, 4) is 0 Å². The van der Waals surface area contributed by atoms with E-state index >= 15 is 0 Å². The van der Waals surface area contributed by atoms with E-state index in [1.54, 1.807) is 13.8 Å². The fourth-order valence-electron chi connectivity index (χ4n) is 4.18. The summed E-state index contributed by atoms with van der Waals surface area (Å²) >= 11 is 0. The summed E-state index contributed by atoms with van der Waals surface area (Å²) in [6.45, 7) is 12.5. The molecule has 2 aliphatic rings. The zero-order valence-electron chi connectivity index (χ0n) is 17.3. The van der Waals surface area contributed by atoms with E-state index in [1.165, 1.54) is 6.92 Å². The largest absolute Gasteiger partial charge is 0.457 e. The highest BCUT2D eigenvalue weighted by atomic mass is 16.8. The number of Topliss-reactive ketones (excluding diaryl/α,β-unsaturated/α-hetero) is 1. The first-order chi connectivity index (χ1) is 13.1. The highest BCUT2D eigenvalue weighted by Gasteiger charge is 2.66. The molecule has 0 saturated carbocycles. The van der Waals surface area contributed by atoms with Crippen LogP contribution in [0, 0.1) is 11.8 Å². The van der Waals surface area contributed by atoms with Gasteiger partial charge in [0.15, 0.2) is 6.29 Å². The third kappa shape index (κ3) is 4.22. The molecule has 7 heteroatoms. The second-order valence-electron chi connectivity index (χ2n) is 7.85. The van der Waals surface area contributed by atoms with Crippen LogP contribution in [0.1, 0.15) is 47.5 Å². The van der Waals surface area contributed by atoms with Gasteiger partial charge in [-0.15, -0.1) is 0 Å². The molecule has 2 N–H and O–H groups in total. The number of aliphatic hydroxyl groups excluding tert-OH is 2. The van der Waals surface area contributed by atoms with E-state index in [9.17, 15) is 19.8 Å². The number of allylic oxidation sites excluding steroid dienone is 1. The Morgan fingerprint density at radius 1 is 1.39 bits per heavy atom. The molecule has 3 unspecified atom stereocenters. The van der Waals surface area contributed by atoms with Crippen LogP contribution in [-0.4, -0.2) is 58.3 Å². The molecule has 0 spiro atoms. The number of aliphatic hydroxyl groups is 2. The number of ether oxygens (including phenoxy) is 3. The first-order valence-corrected chi connectivity index (χ1v) is 9.76. The molecule has 8 atom stereocenters. The van der Waals surface area contributed by atoms with E-state index in [0.717, 1.165) is 0 Å². The van der Waals surface area contributed by atoms with Gasteiger partial charge >= 0.3 is 5.97 Å². The van der Waals surface area contributed by atoms with Crippen molar-refractivity contribution in [3.63, 3.8) is 0 Å². The lowest BCUT2D eigenvalue weighted by atomic mass is 9.76. The molecular formula is C21H32O7. The standard InChI is InChI=1S/C21H32O7/c1-7-9-11(3)19-21(6)18(25)16(20(27-19)28-21)17(26-13(5)22)12(4)15(24)10-14(23)8-2/h7,9,11,15-20,24-25H,4,8,10H2,1-3,5-6H3/b9-7-/t11-,15?,16+,17?,18-,19+,20?,21-/m0/s1. The lowest BCUT2D eigenvalue weighted by molar-refractivity contribution is -0.167. The molecular weight excluding hydrogens is 364 g/mol. The molecule has 28 heavy (non-hydrogen) atoms. The van der Waals surface area contributed by atoms with Crippen molar-refractivity contribution in [2.45, 2.75) is 83.8 Å². The Kier molecular flexibility index (Phi) is 7.20. The summed E-state index contributed by atoms with van der Waals surface area (Å²) in [5.74, 6) is -1.46. The van der Waals surface area contributed by atoms with E-state index in [1.807, 2.05) is 26.0 Å². The zero-order chi connectivity index (χ0) is 21.2. The van der Waals surface area contributed by atoms with Crippen LogP contribution >= 0.6 is 0 Å². The second-order valence-corrected chi connectivity index (χ2v) is 7.85. The lowest BCUT2D eigenvalue weighted by Crippen LogP contribution is -2.56. The quantitative estimate of drug-likeness (QED) is 0.453. The molecule has 2 aliphatic heterocycles. The molecule has 2 bridgehead atoms. The molecule has 2 heterocycles. The Hall–Kier alpha value is -1.54. The van der Waals surface area contributed by atoms with Gasteiger partial charge in [0, 0.05) is 25.7 Å². The van der Waals surface area contributed by atoms with Gasteiger partial charge in [-0.05, 0) is 19.4 Å². The maximum absolute atomic E-state index is 11.7. The summed E-state index contributed by atoms with van der Waals surface area (Å²) < 4.78 is 17.4. The Labute approximate surface area is 166 Å². The summed E-state index contributed by atoms with van der Waals surface area (Å²) in [7, 11) is 0. The molecule has 7 nitrogen and oxygen atoms in total. The topological polar surface area (TPSA) is 102 Å². The number of fused-ring (bicyclic) bond motifs is 2. The van der Waals surface area contributed by atoms with Crippen LogP contribution in [-0.2, 0) is 23.8 Å². The van der Waals surface area contributed by atoms with Gasteiger partial charge in [0.1, 0.15) is 17.5 Å². The molecule has 2 fully saturated rings. The van der Waals surface area contributed by atoms with Crippen LogP contribution in [0.15, 0.2) is 24.3 Å². The molecule has 0 aromatic heterocycles. The van der Waals surface area contributed by atoms with E-state index < -0.39 is 42.1 Å². The molecule has 0 aromatic rings. The number of carbonyl (C=O) groups excluding carboxylic acids is 2. The number of esters is 1. The number of rotatable bonds is 9. The number of carbonyl (C=O) groups is 2. The minimum Gasteiger partial charge on any atom is -0.457 e. The molecule has 0 aliphatic carbocycles. The van der Waals surface area contributed by atoms with Crippen molar-refractivity contribution in [1.82, 2.24) is 0 Å². The number of hydrogen-bond donors (Lipinski definition) is 2. The van der Waals surface area contributed by atoms with E-state index in [2.05, 4.69) is 6.58 Å². The molecule has 2 rings (SSSR count). The fraction of sp³-hybridized carbons (Fsp3) is 0.714. The van der Waals surface area contributed by atoms with Gasteiger partial charge in [-0.2, -0.15) is 0 Å². The predicted molar refractivity (Wildman–Crippen MR) is 102 cm³/mol. The van der Waals surface area contributed by atoms with Gasteiger partial charge in [0.2, 0.25) is 0 Å². The average molecular weight is 396 g/mol. The van der Waals surface area contributed by atoms with Gasteiger partial charge in [0.05, 0.1) is 24.2 Å². The van der Waals surface area contributed by atoms with Crippen molar-refractivity contribution in [2.75, 3.05) is 0 Å². The maximum atomic E-state index is 11.7. The third-order valence-electron chi connectivity index (χ3n) is 5.71. The summed E-state index contributed by atoms with van der Waals surface area (Å²) in [5, 5.41) is 21.5. The molecule has 2 saturated heterocycles. The normalized spacial score (nSPS) is 35.0. The van der Waals surface area contributed by atoms with Crippen molar-refractivity contribution in [2.24, 2.45) is 11.8 Å². The van der Waals surface area contributed by atoms with Crippen LogP contribution in [0.3, 0.4) is 0 Å². The molecule has 0 aromatic carbocycles. The van der Waals surface area contributed by atoms with Crippen LogP contribution in [0.5, 0.6) is 0 Å². The Bertz CT molecular complexity index is 643. The zero-order valence-corrected chi connectivity index (χ0v) is 17.3. The highest BCUT2D eigenvalue weighted by Crippen LogP contribution is 2.51. The van der Waals surface area contributed by atoms with Crippen LogP contribution in [0.4, 0.5) is 0 Å². The second kappa shape index (κ2) is 8.86. The van der Waals surface area contributed by atoms with Crippen LogP contribution in [0.25, 0.3) is 0 Å². The highest BCUT2D eigenvalue weighted by molar-refractivity contribution is 5.79. The lowest BCUT2D eigenvalue weighted by Gasteiger charge is -2.40. The Balaban J connectivity index is 2.26. The summed E-state index contributed by atoms with van der Waals surface area (Å²) in [4.78, 5) is 23.4. The van der Waals surface area contributed by atoms with Crippen LogP contribution < -0.4 is 0 Å². The van der Waals surface area contributed by atoms with Crippen molar-refractivity contribution >= 4 is 11.8 Å². The van der Waals surface area contributed by atoms with Gasteiger partial charge < -0.3 is 24.4 Å². The monoisotopic (exact) mass is 396 g/mol. The predicted octanol–water partition coefficient (Wildman–Crippen LogP) is 1.91. The van der Waals surface area contributed by atoms with E-state index in [0.29, 0.717) is 0 Å². The molecule has 0 radical (unpaired) electrons.